The van der Waals surface area contributed by atoms with Crippen molar-refractivity contribution in [2.75, 3.05) is 24.6 Å². The first kappa shape index (κ1) is 24.4. The number of carbonyl (C=O) groups excluding carboxylic acids is 2. The number of anilines is 1. The van der Waals surface area contributed by atoms with Gasteiger partial charge < -0.3 is 9.64 Å². The molecule has 1 N–H and O–H groups in total. The van der Waals surface area contributed by atoms with Crippen LogP contribution in [0.5, 0.6) is 0 Å². The molecule has 0 spiro atoms. The Morgan fingerprint density at radius 3 is 2.74 bits per heavy atom. The van der Waals surface area contributed by atoms with E-state index in [2.05, 4.69) is 9.71 Å². The molecule has 12 heteroatoms. The van der Waals surface area contributed by atoms with Gasteiger partial charge in [0.25, 0.3) is 10.0 Å². The van der Waals surface area contributed by atoms with Crippen molar-refractivity contribution in [3.05, 3.63) is 50.0 Å². The monoisotopic (exact) mass is 610 g/mol. The predicted molar refractivity (Wildman–Crippen MR) is 135 cm³/mol. The van der Waals surface area contributed by atoms with Gasteiger partial charge in [0.15, 0.2) is 0 Å². The lowest BCUT2D eigenvalue weighted by Gasteiger charge is -2.39. The summed E-state index contributed by atoms with van der Waals surface area (Å²) in [6.45, 7) is 3.92. The smallest absolute Gasteiger partial charge is 0.340 e. The number of carbonyl (C=O) groups is 2. The van der Waals surface area contributed by atoms with Gasteiger partial charge in [-0.15, -0.1) is 11.3 Å². The molecular formula is C22H19IN4O5S2. The second-order valence-corrected chi connectivity index (χ2v) is 12.1. The maximum absolute atomic E-state index is 13.0. The number of amides is 1. The molecule has 0 saturated carbocycles. The molecule has 2 aromatic heterocycles. The first-order valence-electron chi connectivity index (χ1n) is 10.2. The lowest BCUT2D eigenvalue weighted by atomic mass is 9.98. The Labute approximate surface area is 213 Å². The number of hydrogen-bond donors (Lipinski definition) is 1. The quantitative estimate of drug-likeness (QED) is 0.333. The average molecular weight is 610 g/mol. The zero-order chi connectivity index (χ0) is 24.6. The number of thiophene rings is 1. The highest BCUT2D eigenvalue weighted by Gasteiger charge is 2.38. The summed E-state index contributed by atoms with van der Waals surface area (Å²) in [5.74, 6) is -1.41. The Balaban J connectivity index is 1.49. The summed E-state index contributed by atoms with van der Waals surface area (Å²) in [5, 5.41) is 10.1. The van der Waals surface area contributed by atoms with E-state index < -0.39 is 27.8 Å². The van der Waals surface area contributed by atoms with Crippen molar-refractivity contribution in [2.45, 2.75) is 18.7 Å². The molecule has 0 bridgehead atoms. The SMILES string of the molecule is CCOC(=O)c1cc(C#N)c(N2CC(C(=O)NS(=O)(=O)c3c(I)sc4ccccc34)C2)nc1C. The maximum Gasteiger partial charge on any atom is 0.340 e. The minimum absolute atomic E-state index is 0.108. The molecule has 1 fully saturated rings. The maximum atomic E-state index is 13.0. The summed E-state index contributed by atoms with van der Waals surface area (Å²) in [4.78, 5) is 31.0. The first-order valence-corrected chi connectivity index (χ1v) is 13.6. The molecule has 3 heterocycles. The van der Waals surface area contributed by atoms with Crippen molar-refractivity contribution in [2.24, 2.45) is 5.92 Å². The van der Waals surface area contributed by atoms with Crippen LogP contribution in [0.15, 0.2) is 35.2 Å². The molecule has 9 nitrogen and oxygen atoms in total. The fourth-order valence-corrected chi connectivity index (χ4v) is 8.08. The summed E-state index contributed by atoms with van der Waals surface area (Å²) in [5.41, 5.74) is 0.793. The van der Waals surface area contributed by atoms with Crippen LogP contribution in [0.3, 0.4) is 0 Å². The molecule has 0 radical (unpaired) electrons. The van der Waals surface area contributed by atoms with Crippen LogP contribution in [0.4, 0.5) is 5.82 Å². The molecule has 1 amide bonds. The fourth-order valence-electron chi connectivity index (χ4n) is 3.66. The highest BCUT2D eigenvalue weighted by Crippen LogP contribution is 2.36. The zero-order valence-electron chi connectivity index (χ0n) is 18.2. The van der Waals surface area contributed by atoms with E-state index >= 15 is 0 Å². The van der Waals surface area contributed by atoms with Crippen molar-refractivity contribution in [3.63, 3.8) is 0 Å². The van der Waals surface area contributed by atoms with Crippen molar-refractivity contribution in [1.82, 2.24) is 9.71 Å². The van der Waals surface area contributed by atoms with Crippen LogP contribution in [-0.2, 0) is 19.6 Å². The largest absolute Gasteiger partial charge is 0.462 e. The van der Waals surface area contributed by atoms with Gasteiger partial charge >= 0.3 is 5.97 Å². The molecule has 1 aromatic carbocycles. The predicted octanol–water partition coefficient (Wildman–Crippen LogP) is 3.20. The molecular weight excluding hydrogens is 591 g/mol. The Morgan fingerprint density at radius 2 is 2.06 bits per heavy atom. The van der Waals surface area contributed by atoms with Gasteiger partial charge in [-0.3, -0.25) is 4.79 Å². The normalized spacial score (nSPS) is 13.9. The Kier molecular flexibility index (Phi) is 6.79. The minimum atomic E-state index is -4.05. The average Bonchev–Trinajstić information content (AvgIpc) is 3.09. The van der Waals surface area contributed by atoms with Gasteiger partial charge in [0.05, 0.1) is 32.2 Å². The number of halogens is 1. The number of sulfonamides is 1. The van der Waals surface area contributed by atoms with Crippen molar-refractivity contribution >= 4 is 71.7 Å². The van der Waals surface area contributed by atoms with Gasteiger partial charge in [0.2, 0.25) is 5.91 Å². The third-order valence-corrected chi connectivity index (χ3v) is 9.46. The van der Waals surface area contributed by atoms with Gasteiger partial charge in [-0.1, -0.05) is 18.2 Å². The molecule has 0 atom stereocenters. The van der Waals surface area contributed by atoms with Crippen LogP contribution >= 0.6 is 33.9 Å². The van der Waals surface area contributed by atoms with E-state index in [1.807, 2.05) is 40.8 Å². The van der Waals surface area contributed by atoms with Crippen LogP contribution < -0.4 is 9.62 Å². The topological polar surface area (TPSA) is 129 Å². The zero-order valence-corrected chi connectivity index (χ0v) is 22.0. The Hall–Kier alpha value is -2.76. The number of benzene rings is 1. The highest BCUT2D eigenvalue weighted by molar-refractivity contribution is 14.1. The lowest BCUT2D eigenvalue weighted by Crippen LogP contribution is -2.55. The van der Waals surface area contributed by atoms with Gasteiger partial charge in [-0.25, -0.2) is 22.9 Å². The summed E-state index contributed by atoms with van der Waals surface area (Å²) in [6, 6.07) is 10.6. The number of nitrogens with one attached hydrogen (secondary N) is 1. The number of esters is 1. The molecule has 0 aliphatic carbocycles. The minimum Gasteiger partial charge on any atom is -0.462 e. The number of fused-ring (bicyclic) bond motifs is 1. The van der Waals surface area contributed by atoms with Gasteiger partial charge in [-0.2, -0.15) is 5.26 Å². The van der Waals surface area contributed by atoms with Crippen molar-refractivity contribution in [1.29, 1.82) is 5.26 Å². The van der Waals surface area contributed by atoms with E-state index in [0.717, 1.165) is 4.70 Å². The molecule has 1 aliphatic rings. The van der Waals surface area contributed by atoms with Gasteiger partial charge in [0, 0.05) is 23.2 Å². The van der Waals surface area contributed by atoms with E-state index in [4.69, 9.17) is 4.74 Å². The number of pyridine rings is 1. The van der Waals surface area contributed by atoms with Crippen molar-refractivity contribution < 1.29 is 22.7 Å². The van der Waals surface area contributed by atoms with Crippen LogP contribution in [0.25, 0.3) is 10.1 Å². The number of aryl methyl sites for hydroxylation is 1. The van der Waals surface area contributed by atoms with Crippen LogP contribution in [0, 0.1) is 27.1 Å². The van der Waals surface area contributed by atoms with E-state index in [1.54, 1.807) is 30.9 Å². The molecule has 0 unspecified atom stereocenters. The first-order chi connectivity index (χ1) is 16.2. The van der Waals surface area contributed by atoms with Crippen molar-refractivity contribution in [3.8, 4) is 6.07 Å². The van der Waals surface area contributed by atoms with E-state index in [1.165, 1.54) is 17.4 Å². The number of aromatic nitrogens is 1. The second kappa shape index (κ2) is 9.47. The number of nitriles is 1. The molecule has 3 aromatic rings. The van der Waals surface area contributed by atoms with Crippen LogP contribution in [0.2, 0.25) is 0 Å². The summed E-state index contributed by atoms with van der Waals surface area (Å²) in [6.07, 6.45) is 0. The summed E-state index contributed by atoms with van der Waals surface area (Å²) in [7, 11) is -4.05. The summed E-state index contributed by atoms with van der Waals surface area (Å²) < 4.78 is 34.6. The molecule has 1 saturated heterocycles. The fraction of sp³-hybridized carbons (Fsp3) is 0.273. The standard InChI is InChI=1S/C22H19IN4O5S2/c1-3-32-22(29)16-8-13(9-24)20(25-12(16)2)27-10-14(11-27)21(28)26-34(30,31)18-15-6-4-5-7-17(15)33-19(18)23/h4-8,14H,3,10-11H2,1-2H3,(H,26,28). The number of ether oxygens (including phenoxy) is 1. The lowest BCUT2D eigenvalue weighted by molar-refractivity contribution is -0.123. The summed E-state index contributed by atoms with van der Waals surface area (Å²) >= 11 is 3.31. The molecule has 4 rings (SSSR count). The Bertz CT molecular complexity index is 1460. The van der Waals surface area contributed by atoms with Crippen LogP contribution in [-0.4, -0.2) is 45.0 Å². The third kappa shape index (κ3) is 4.47. The second-order valence-electron chi connectivity index (χ2n) is 7.60. The third-order valence-electron chi connectivity index (χ3n) is 5.37. The molecule has 34 heavy (non-hydrogen) atoms. The molecule has 1 aliphatic heterocycles. The number of nitrogens with zero attached hydrogens (tertiary/aromatic N) is 3. The van der Waals surface area contributed by atoms with E-state index in [-0.39, 0.29) is 35.7 Å². The van der Waals surface area contributed by atoms with Gasteiger partial charge in [0.1, 0.15) is 16.8 Å². The number of hydrogen-bond acceptors (Lipinski definition) is 9. The Morgan fingerprint density at radius 1 is 1.35 bits per heavy atom. The van der Waals surface area contributed by atoms with E-state index in [0.29, 0.717) is 19.8 Å². The van der Waals surface area contributed by atoms with E-state index in [9.17, 15) is 23.3 Å². The van der Waals surface area contributed by atoms with Crippen LogP contribution in [0.1, 0.15) is 28.5 Å². The highest BCUT2D eigenvalue weighted by atomic mass is 127. The molecule has 176 valence electrons. The van der Waals surface area contributed by atoms with Gasteiger partial charge in [-0.05, 0) is 48.6 Å². The number of rotatable bonds is 6.